The minimum atomic E-state index is -1.04. The molecule has 0 bridgehead atoms. The summed E-state index contributed by atoms with van der Waals surface area (Å²) in [5, 5.41) is 1.61. The van der Waals surface area contributed by atoms with Gasteiger partial charge in [0.1, 0.15) is 0 Å². The molecule has 0 fully saturated rings. The van der Waals surface area contributed by atoms with Gasteiger partial charge in [-0.05, 0) is 12.1 Å². The van der Waals surface area contributed by atoms with Crippen LogP contribution in [0.15, 0.2) is 30.3 Å². The molecule has 0 unspecified atom stereocenters. The Morgan fingerprint density at radius 1 is 1.27 bits per heavy atom. The summed E-state index contributed by atoms with van der Waals surface area (Å²) in [7, 11) is 1.25. The lowest BCUT2D eigenvalue weighted by atomic mass is 10.2. The Kier molecular flexibility index (Phi) is 3.61. The summed E-state index contributed by atoms with van der Waals surface area (Å²) in [6, 6.07) is 6.97. The molecule has 80 valence electrons. The van der Waals surface area contributed by atoms with Crippen molar-refractivity contribution in [2.45, 2.75) is 0 Å². The van der Waals surface area contributed by atoms with Crippen LogP contribution in [-0.2, 0) is 0 Å². The van der Waals surface area contributed by atoms with Crippen molar-refractivity contribution in [1.82, 2.24) is 16.0 Å². The molecule has 0 saturated heterocycles. The van der Waals surface area contributed by atoms with Gasteiger partial charge < -0.3 is 5.32 Å². The number of hydrogen-bond acceptors (Lipinski definition) is 2. The predicted octanol–water partition coefficient (Wildman–Crippen LogP) is 0.857. The van der Waals surface area contributed by atoms with Gasteiger partial charge in [-0.2, -0.15) is 0 Å². The summed E-state index contributed by atoms with van der Waals surface area (Å²) in [4.78, 5) is 22.0. The number of nitrogens with one attached hydrogen (secondary N) is 2. The van der Waals surface area contributed by atoms with Crippen LogP contribution in [0.5, 0.6) is 0 Å². The number of rotatable bonds is 1. The van der Waals surface area contributed by atoms with Gasteiger partial charge >= 0.3 is 6.03 Å². The second-order valence-electron chi connectivity index (χ2n) is 2.64. The highest BCUT2D eigenvalue weighted by molar-refractivity contribution is 5.94. The minimum Gasteiger partial charge on any atom is -0.338 e. The molecule has 6 heteroatoms. The molecule has 5 nitrogen and oxygen atoms in total. The van der Waals surface area contributed by atoms with E-state index in [2.05, 4.69) is 0 Å². The van der Waals surface area contributed by atoms with E-state index in [-0.39, 0.29) is 5.56 Å². The molecular weight excluding hydrogens is 201 g/mol. The Labute approximate surface area is 85.8 Å². The molecule has 1 rings (SSSR count). The van der Waals surface area contributed by atoms with Gasteiger partial charge in [-0.3, -0.25) is 4.79 Å². The maximum Gasteiger partial charge on any atom is 0.365 e. The maximum atomic E-state index is 12.8. The minimum absolute atomic E-state index is 0.268. The zero-order chi connectivity index (χ0) is 11.3. The standard InChI is InChI=1S/C9H10FN3O2/c1-11-9(15)13(10)12-8(14)7-5-3-2-4-6-7/h2-6H,1H3,(H,11,15)(H,12,14). The highest BCUT2D eigenvalue weighted by Crippen LogP contribution is 1.98. The molecule has 15 heavy (non-hydrogen) atoms. The first-order valence-electron chi connectivity index (χ1n) is 4.19. The molecular formula is C9H10FN3O2. The quantitative estimate of drug-likeness (QED) is 0.534. The van der Waals surface area contributed by atoms with Crippen LogP contribution in [0.25, 0.3) is 0 Å². The Morgan fingerprint density at radius 3 is 2.40 bits per heavy atom. The summed E-state index contributed by atoms with van der Waals surface area (Å²) in [5.74, 6) is -0.693. The number of amides is 3. The SMILES string of the molecule is CNC(=O)N(F)NC(=O)c1ccccc1. The number of carbonyl (C=O) groups is 2. The number of carbonyl (C=O) groups excluding carboxylic acids is 2. The Hall–Kier alpha value is -2.11. The van der Waals surface area contributed by atoms with E-state index >= 15 is 0 Å². The van der Waals surface area contributed by atoms with E-state index in [1.807, 2.05) is 5.32 Å². The fourth-order valence-electron chi connectivity index (χ4n) is 0.892. The van der Waals surface area contributed by atoms with Gasteiger partial charge in [0.25, 0.3) is 5.91 Å². The predicted molar refractivity (Wildman–Crippen MR) is 51.3 cm³/mol. The molecule has 0 aromatic heterocycles. The summed E-state index contributed by atoms with van der Waals surface area (Å²) in [6.45, 7) is 0. The van der Waals surface area contributed by atoms with E-state index in [1.54, 1.807) is 23.6 Å². The van der Waals surface area contributed by atoms with Crippen molar-refractivity contribution in [3.05, 3.63) is 35.9 Å². The average Bonchev–Trinajstić information content (AvgIpc) is 2.29. The van der Waals surface area contributed by atoms with Crippen molar-refractivity contribution in [2.75, 3.05) is 7.05 Å². The van der Waals surface area contributed by atoms with Crippen LogP contribution < -0.4 is 10.7 Å². The van der Waals surface area contributed by atoms with Gasteiger partial charge in [0.15, 0.2) is 0 Å². The zero-order valence-corrected chi connectivity index (χ0v) is 8.03. The van der Waals surface area contributed by atoms with Crippen LogP contribution in [-0.4, -0.2) is 24.2 Å². The first kappa shape index (κ1) is 11.0. The van der Waals surface area contributed by atoms with Gasteiger partial charge in [0.2, 0.25) is 0 Å². The van der Waals surface area contributed by atoms with Crippen LogP contribution in [0.1, 0.15) is 10.4 Å². The Morgan fingerprint density at radius 2 is 1.87 bits per heavy atom. The highest BCUT2D eigenvalue weighted by Gasteiger charge is 2.14. The Bertz CT molecular complexity index is 356. The lowest BCUT2D eigenvalue weighted by Gasteiger charge is -2.11. The number of hydrazine groups is 1. The number of hydrogen-bond donors (Lipinski definition) is 2. The summed E-state index contributed by atoms with van der Waals surface area (Å²) < 4.78 is 12.8. The fraction of sp³-hybridized carbons (Fsp3) is 0.111. The van der Waals surface area contributed by atoms with Crippen molar-refractivity contribution in [3.8, 4) is 0 Å². The van der Waals surface area contributed by atoms with Gasteiger partial charge in [-0.25, -0.2) is 10.2 Å². The van der Waals surface area contributed by atoms with Crippen LogP contribution in [0, 0.1) is 0 Å². The van der Waals surface area contributed by atoms with E-state index in [4.69, 9.17) is 0 Å². The third kappa shape index (κ3) is 2.94. The molecule has 0 atom stereocenters. The monoisotopic (exact) mass is 211 g/mol. The van der Waals surface area contributed by atoms with Crippen LogP contribution in [0.4, 0.5) is 9.28 Å². The molecule has 0 aliphatic rings. The molecule has 0 heterocycles. The largest absolute Gasteiger partial charge is 0.365 e. The first-order valence-corrected chi connectivity index (χ1v) is 4.19. The van der Waals surface area contributed by atoms with Gasteiger partial charge in [0, 0.05) is 12.6 Å². The second-order valence-corrected chi connectivity index (χ2v) is 2.64. The molecule has 0 aliphatic heterocycles. The Balaban J connectivity index is 2.61. The van der Waals surface area contributed by atoms with Crippen molar-refractivity contribution >= 4 is 11.9 Å². The van der Waals surface area contributed by atoms with Gasteiger partial charge in [0.05, 0.1) is 0 Å². The fourth-order valence-corrected chi connectivity index (χ4v) is 0.892. The zero-order valence-electron chi connectivity index (χ0n) is 8.03. The summed E-state index contributed by atoms with van der Waals surface area (Å²) in [5.41, 5.74) is 2.03. The molecule has 0 aliphatic carbocycles. The number of halogens is 1. The van der Waals surface area contributed by atoms with Gasteiger partial charge in [-0.1, -0.05) is 27.9 Å². The third-order valence-electron chi connectivity index (χ3n) is 1.63. The molecule has 1 aromatic rings. The van der Waals surface area contributed by atoms with Crippen LogP contribution in [0.2, 0.25) is 0 Å². The summed E-state index contributed by atoms with van der Waals surface area (Å²) >= 11 is 0. The molecule has 2 N–H and O–H groups in total. The molecule has 3 amide bonds. The number of urea groups is 1. The third-order valence-corrected chi connectivity index (χ3v) is 1.63. The second kappa shape index (κ2) is 4.94. The van der Waals surface area contributed by atoms with Crippen molar-refractivity contribution in [3.63, 3.8) is 0 Å². The van der Waals surface area contributed by atoms with Crippen molar-refractivity contribution < 1.29 is 14.1 Å². The maximum absolute atomic E-state index is 12.8. The van der Waals surface area contributed by atoms with Crippen molar-refractivity contribution in [2.24, 2.45) is 0 Å². The summed E-state index contributed by atoms with van der Waals surface area (Å²) in [6.07, 6.45) is 0. The molecule has 0 radical (unpaired) electrons. The van der Waals surface area contributed by atoms with E-state index in [0.29, 0.717) is 0 Å². The molecule has 0 spiro atoms. The van der Waals surface area contributed by atoms with E-state index in [0.717, 1.165) is 0 Å². The van der Waals surface area contributed by atoms with Gasteiger partial charge in [-0.15, -0.1) is 0 Å². The lowest BCUT2D eigenvalue weighted by molar-refractivity contribution is 0.0162. The normalized spacial score (nSPS) is 9.20. The lowest BCUT2D eigenvalue weighted by Crippen LogP contribution is -2.44. The first-order chi connectivity index (χ1) is 7.15. The topological polar surface area (TPSA) is 61.4 Å². The smallest absolute Gasteiger partial charge is 0.338 e. The van der Waals surface area contributed by atoms with Crippen LogP contribution >= 0.6 is 0 Å². The van der Waals surface area contributed by atoms with Crippen LogP contribution in [0.3, 0.4) is 0 Å². The van der Waals surface area contributed by atoms with Crippen molar-refractivity contribution in [1.29, 1.82) is 0 Å². The average molecular weight is 211 g/mol. The molecule has 0 saturated carbocycles. The number of nitrogens with zero attached hydrogens (tertiary/aromatic N) is 1. The van der Waals surface area contributed by atoms with E-state index in [1.165, 1.54) is 19.2 Å². The van der Waals surface area contributed by atoms with E-state index in [9.17, 15) is 14.1 Å². The molecule has 1 aromatic carbocycles. The van der Waals surface area contributed by atoms with E-state index < -0.39 is 17.2 Å². The number of benzene rings is 1. The highest BCUT2D eigenvalue weighted by atomic mass is 19.2.